The van der Waals surface area contributed by atoms with E-state index in [-0.39, 0.29) is 5.91 Å². The van der Waals surface area contributed by atoms with E-state index in [1.54, 1.807) is 41.6 Å². The molecule has 3 N–H and O–H groups in total. The number of carbonyl (C=O) groups excluding carboxylic acids is 2. The lowest BCUT2D eigenvalue weighted by molar-refractivity contribution is -0.121. The van der Waals surface area contributed by atoms with Gasteiger partial charge in [0.05, 0.1) is 16.3 Å². The van der Waals surface area contributed by atoms with E-state index >= 15 is 0 Å². The van der Waals surface area contributed by atoms with Crippen LogP contribution in [0.1, 0.15) is 5.56 Å². The second-order valence-corrected chi connectivity index (χ2v) is 7.65. The van der Waals surface area contributed by atoms with E-state index in [9.17, 15) is 9.59 Å². The summed E-state index contributed by atoms with van der Waals surface area (Å²) in [6.45, 7) is 0.393. The van der Waals surface area contributed by atoms with Gasteiger partial charge < -0.3 is 16.0 Å². The van der Waals surface area contributed by atoms with Crippen LogP contribution in [-0.2, 0) is 16.1 Å². The average Bonchev–Trinajstić information content (AvgIpc) is 2.83. The van der Waals surface area contributed by atoms with Crippen molar-refractivity contribution < 1.29 is 9.59 Å². The van der Waals surface area contributed by atoms with E-state index in [0.29, 0.717) is 28.5 Å². The Morgan fingerprint density at radius 1 is 1.06 bits per heavy atom. The molecule has 3 aromatic rings. The molecule has 1 atom stereocenters. The van der Waals surface area contributed by atoms with Gasteiger partial charge in [0.2, 0.25) is 11.8 Å². The molecule has 0 aliphatic carbocycles. The fraction of sp³-hybridized carbons (Fsp3) is 0.0800. The predicted octanol–water partition coefficient (Wildman–Crippen LogP) is 3.83. The van der Waals surface area contributed by atoms with Gasteiger partial charge in [0.1, 0.15) is 6.04 Å². The number of pyridine rings is 1. The third-order valence-electron chi connectivity index (χ3n) is 5.09. The quantitative estimate of drug-likeness (QED) is 0.604. The minimum absolute atomic E-state index is 0.209. The lowest BCUT2D eigenvalue weighted by Crippen LogP contribution is -2.45. The van der Waals surface area contributed by atoms with Crippen molar-refractivity contribution >= 4 is 29.1 Å². The molecule has 6 nitrogen and oxygen atoms in total. The SMILES string of the molecule is NC(=O)C1=CN(c2ccc(Cl)c(-c3ccccn3)c2)C(C(=O)NCc2ccccc2)C=C1. The number of rotatable bonds is 6. The van der Waals surface area contributed by atoms with Crippen LogP contribution >= 0.6 is 11.6 Å². The van der Waals surface area contributed by atoms with Crippen molar-refractivity contribution in [1.82, 2.24) is 10.3 Å². The van der Waals surface area contributed by atoms with Crippen molar-refractivity contribution in [3.63, 3.8) is 0 Å². The molecule has 1 aliphatic heterocycles. The molecule has 2 aromatic carbocycles. The molecular formula is C25H21ClN4O2. The molecule has 4 rings (SSSR count). The van der Waals surface area contributed by atoms with Crippen molar-refractivity contribution in [3.05, 3.63) is 107 Å². The van der Waals surface area contributed by atoms with Gasteiger partial charge in [0.15, 0.2) is 0 Å². The molecule has 0 spiro atoms. The second kappa shape index (κ2) is 9.49. The summed E-state index contributed by atoms with van der Waals surface area (Å²) in [4.78, 5) is 31.0. The van der Waals surface area contributed by atoms with Crippen LogP contribution in [-0.4, -0.2) is 22.8 Å². The summed E-state index contributed by atoms with van der Waals surface area (Å²) in [5.41, 5.74) is 8.88. The van der Waals surface area contributed by atoms with Crippen molar-refractivity contribution in [2.45, 2.75) is 12.6 Å². The lowest BCUT2D eigenvalue weighted by atomic mass is 10.0. The smallest absolute Gasteiger partial charge is 0.250 e. The fourth-order valence-corrected chi connectivity index (χ4v) is 3.65. The number of hydrogen-bond donors (Lipinski definition) is 2. The highest BCUT2D eigenvalue weighted by molar-refractivity contribution is 6.33. The summed E-state index contributed by atoms with van der Waals surface area (Å²) in [6.07, 6.45) is 6.50. The first-order valence-corrected chi connectivity index (χ1v) is 10.4. The lowest BCUT2D eigenvalue weighted by Gasteiger charge is -2.31. The van der Waals surface area contributed by atoms with Crippen LogP contribution in [0.4, 0.5) is 5.69 Å². The van der Waals surface area contributed by atoms with Crippen molar-refractivity contribution in [3.8, 4) is 11.3 Å². The first-order valence-electron chi connectivity index (χ1n) is 10.0. The van der Waals surface area contributed by atoms with Gasteiger partial charge >= 0.3 is 0 Å². The Bertz CT molecular complexity index is 1190. The third-order valence-corrected chi connectivity index (χ3v) is 5.42. The van der Waals surface area contributed by atoms with Crippen molar-refractivity contribution in [2.75, 3.05) is 4.90 Å². The third kappa shape index (κ3) is 4.71. The van der Waals surface area contributed by atoms with E-state index in [4.69, 9.17) is 17.3 Å². The number of nitrogens with one attached hydrogen (secondary N) is 1. The highest BCUT2D eigenvalue weighted by atomic mass is 35.5. The molecule has 0 bridgehead atoms. The molecule has 1 aliphatic rings. The maximum absolute atomic E-state index is 13.1. The van der Waals surface area contributed by atoms with Crippen LogP contribution in [0, 0.1) is 0 Å². The summed E-state index contributed by atoms with van der Waals surface area (Å²) in [7, 11) is 0. The van der Waals surface area contributed by atoms with E-state index in [1.165, 1.54) is 0 Å². The topological polar surface area (TPSA) is 88.3 Å². The summed E-state index contributed by atoms with van der Waals surface area (Å²) in [5.74, 6) is -0.785. The molecule has 0 fully saturated rings. The Kier molecular flexibility index (Phi) is 6.33. The van der Waals surface area contributed by atoms with Crippen LogP contribution < -0.4 is 16.0 Å². The summed E-state index contributed by atoms with van der Waals surface area (Å²) in [6, 6.07) is 19.9. The zero-order chi connectivity index (χ0) is 22.5. The maximum atomic E-state index is 13.1. The molecule has 160 valence electrons. The number of carbonyl (C=O) groups is 2. The minimum atomic E-state index is -0.667. The number of benzene rings is 2. The molecule has 32 heavy (non-hydrogen) atoms. The summed E-state index contributed by atoms with van der Waals surface area (Å²) < 4.78 is 0. The molecule has 1 unspecified atom stereocenters. The van der Waals surface area contributed by atoms with Gasteiger partial charge in [0.25, 0.3) is 0 Å². The first-order chi connectivity index (χ1) is 15.5. The Morgan fingerprint density at radius 3 is 2.56 bits per heavy atom. The maximum Gasteiger partial charge on any atom is 0.250 e. The normalized spacial score (nSPS) is 15.2. The number of anilines is 1. The number of hydrogen-bond acceptors (Lipinski definition) is 4. The zero-order valence-electron chi connectivity index (χ0n) is 17.1. The Hall–Kier alpha value is -3.90. The Balaban J connectivity index is 1.66. The number of amides is 2. The number of nitrogens with two attached hydrogens (primary N) is 1. The molecule has 7 heteroatoms. The van der Waals surface area contributed by atoms with Crippen LogP contribution in [0.5, 0.6) is 0 Å². The van der Waals surface area contributed by atoms with Crippen molar-refractivity contribution in [1.29, 1.82) is 0 Å². The number of halogens is 1. The molecule has 0 saturated heterocycles. The van der Waals surface area contributed by atoms with Gasteiger partial charge in [-0.3, -0.25) is 14.6 Å². The standard InChI is InChI=1S/C25H21ClN4O2/c26-21-11-10-19(14-20(21)22-8-4-5-13-28-22)30-16-18(24(27)31)9-12-23(30)25(32)29-15-17-6-2-1-3-7-17/h1-14,16,23H,15H2,(H2,27,31)(H,29,32). The van der Waals surface area contributed by atoms with E-state index < -0.39 is 11.9 Å². The highest BCUT2D eigenvalue weighted by Gasteiger charge is 2.27. The number of nitrogens with zero attached hydrogens (tertiary/aromatic N) is 2. The molecule has 0 radical (unpaired) electrons. The molecule has 2 amide bonds. The Morgan fingerprint density at radius 2 is 1.84 bits per heavy atom. The Labute approximate surface area is 191 Å². The summed E-state index contributed by atoms with van der Waals surface area (Å²) in [5, 5.41) is 3.49. The van der Waals surface area contributed by atoms with E-state index in [2.05, 4.69) is 10.3 Å². The van der Waals surface area contributed by atoms with E-state index in [1.807, 2.05) is 54.6 Å². The molecular weight excluding hydrogens is 424 g/mol. The first kappa shape index (κ1) is 21.3. The van der Waals surface area contributed by atoms with Gasteiger partial charge in [-0.1, -0.05) is 54.1 Å². The van der Waals surface area contributed by atoms with Gasteiger partial charge in [0, 0.05) is 30.2 Å². The van der Waals surface area contributed by atoms with Crippen molar-refractivity contribution in [2.24, 2.45) is 5.73 Å². The predicted molar refractivity (Wildman–Crippen MR) is 126 cm³/mol. The molecule has 1 aromatic heterocycles. The minimum Gasteiger partial charge on any atom is -0.366 e. The fourth-order valence-electron chi connectivity index (χ4n) is 3.44. The van der Waals surface area contributed by atoms with Crippen LogP contribution in [0.2, 0.25) is 5.02 Å². The van der Waals surface area contributed by atoms with Gasteiger partial charge in [-0.2, -0.15) is 0 Å². The zero-order valence-corrected chi connectivity index (χ0v) is 17.9. The number of primary amides is 1. The van der Waals surface area contributed by atoms with Crippen LogP contribution in [0.15, 0.2) is 96.9 Å². The molecule has 0 saturated carbocycles. The van der Waals surface area contributed by atoms with Crippen LogP contribution in [0.3, 0.4) is 0 Å². The van der Waals surface area contributed by atoms with Gasteiger partial charge in [-0.15, -0.1) is 0 Å². The van der Waals surface area contributed by atoms with Crippen LogP contribution in [0.25, 0.3) is 11.3 Å². The molecule has 2 heterocycles. The largest absolute Gasteiger partial charge is 0.366 e. The second-order valence-electron chi connectivity index (χ2n) is 7.24. The number of aromatic nitrogens is 1. The monoisotopic (exact) mass is 444 g/mol. The van der Waals surface area contributed by atoms with Gasteiger partial charge in [-0.05, 0) is 42.0 Å². The summed E-state index contributed by atoms with van der Waals surface area (Å²) >= 11 is 6.42. The van der Waals surface area contributed by atoms with Gasteiger partial charge in [-0.25, -0.2) is 0 Å². The average molecular weight is 445 g/mol. The highest BCUT2D eigenvalue weighted by Crippen LogP contribution is 2.33. The van der Waals surface area contributed by atoms with E-state index in [0.717, 1.165) is 11.1 Å².